The highest BCUT2D eigenvalue weighted by Gasteiger charge is 2.29. The topological polar surface area (TPSA) is 69.6 Å². The Kier molecular flexibility index (Phi) is 5.23. The summed E-state index contributed by atoms with van der Waals surface area (Å²) in [6, 6.07) is 15.6. The van der Waals surface area contributed by atoms with Crippen LogP contribution in [0.5, 0.6) is 0 Å². The summed E-state index contributed by atoms with van der Waals surface area (Å²) in [6.07, 6.45) is 1.07. The Labute approximate surface area is 185 Å². The first-order valence-electron chi connectivity index (χ1n) is 10.4. The average Bonchev–Trinajstić information content (AvgIpc) is 2.95. The molecule has 158 valence electrons. The Bertz CT molecular complexity index is 1170. The molecule has 1 aromatic heterocycles. The highest BCUT2D eigenvalue weighted by molar-refractivity contribution is 8.00. The van der Waals surface area contributed by atoms with E-state index in [0.29, 0.717) is 24.7 Å². The molecule has 0 aliphatic carbocycles. The highest BCUT2D eigenvalue weighted by atomic mass is 32.2. The van der Waals surface area contributed by atoms with Crippen molar-refractivity contribution in [2.24, 2.45) is 0 Å². The molecule has 2 aromatic carbocycles. The fourth-order valence-electron chi connectivity index (χ4n) is 4.08. The number of para-hydroxylation sites is 3. The summed E-state index contributed by atoms with van der Waals surface area (Å²) in [5.74, 6) is 1.73. The highest BCUT2D eigenvalue weighted by Crippen LogP contribution is 2.35. The third-order valence-corrected chi connectivity index (χ3v) is 6.73. The van der Waals surface area contributed by atoms with Crippen LogP contribution in [0.2, 0.25) is 0 Å². The standard InChI is InChI=1S/C23H23N5O2S/c1-26-12-6-13-28(23-22(26)24-16-7-2-3-8-17(16)25-23)20(29)11-14-27-18-9-4-5-10-19(18)31-15-21(27)30/h2-5,7-10H,6,11-15H2,1H3. The Hall–Kier alpha value is -3.13. The average molecular weight is 434 g/mol. The molecule has 5 rings (SSSR count). The number of aromatic nitrogens is 2. The number of anilines is 3. The monoisotopic (exact) mass is 433 g/mol. The van der Waals surface area contributed by atoms with Crippen LogP contribution in [-0.2, 0) is 9.59 Å². The number of thioether (sulfide) groups is 1. The number of carbonyl (C=O) groups is 2. The maximum atomic E-state index is 13.3. The predicted octanol–water partition coefficient (Wildman–Crippen LogP) is 3.33. The third-order valence-electron chi connectivity index (χ3n) is 5.69. The van der Waals surface area contributed by atoms with Crippen molar-refractivity contribution < 1.29 is 9.59 Å². The van der Waals surface area contributed by atoms with E-state index in [1.54, 1.807) is 21.6 Å². The lowest BCUT2D eigenvalue weighted by atomic mass is 10.2. The molecule has 0 N–H and O–H groups in total. The van der Waals surface area contributed by atoms with E-state index >= 15 is 0 Å². The molecular formula is C23H23N5O2S. The summed E-state index contributed by atoms with van der Waals surface area (Å²) < 4.78 is 0. The number of benzene rings is 2. The lowest BCUT2D eigenvalue weighted by Crippen LogP contribution is -2.40. The minimum Gasteiger partial charge on any atom is -0.357 e. The maximum absolute atomic E-state index is 13.3. The Morgan fingerprint density at radius 1 is 1.00 bits per heavy atom. The summed E-state index contributed by atoms with van der Waals surface area (Å²) in [5, 5.41) is 0. The molecule has 0 spiro atoms. The molecule has 0 atom stereocenters. The van der Waals surface area contributed by atoms with Gasteiger partial charge in [0.25, 0.3) is 0 Å². The van der Waals surface area contributed by atoms with E-state index in [9.17, 15) is 9.59 Å². The molecule has 7 nitrogen and oxygen atoms in total. The van der Waals surface area contributed by atoms with E-state index < -0.39 is 0 Å². The van der Waals surface area contributed by atoms with Gasteiger partial charge < -0.3 is 9.80 Å². The fraction of sp³-hybridized carbons (Fsp3) is 0.304. The Morgan fingerprint density at radius 3 is 2.52 bits per heavy atom. The van der Waals surface area contributed by atoms with Gasteiger partial charge in [-0.25, -0.2) is 9.97 Å². The molecule has 0 radical (unpaired) electrons. The molecule has 31 heavy (non-hydrogen) atoms. The van der Waals surface area contributed by atoms with Crippen LogP contribution in [0.4, 0.5) is 17.3 Å². The van der Waals surface area contributed by atoms with Gasteiger partial charge in [-0.15, -0.1) is 11.8 Å². The Morgan fingerprint density at radius 2 is 1.71 bits per heavy atom. The second-order valence-corrected chi connectivity index (χ2v) is 8.75. The van der Waals surface area contributed by atoms with Gasteiger partial charge in [-0.2, -0.15) is 0 Å². The molecular weight excluding hydrogens is 410 g/mol. The van der Waals surface area contributed by atoms with Crippen molar-refractivity contribution in [2.45, 2.75) is 17.7 Å². The second-order valence-electron chi connectivity index (χ2n) is 7.73. The van der Waals surface area contributed by atoms with Crippen LogP contribution in [0.25, 0.3) is 11.0 Å². The van der Waals surface area contributed by atoms with Crippen molar-refractivity contribution >= 4 is 51.9 Å². The summed E-state index contributed by atoms with van der Waals surface area (Å²) in [7, 11) is 1.98. The molecule has 0 unspecified atom stereocenters. The first-order valence-corrected chi connectivity index (χ1v) is 11.4. The zero-order valence-corrected chi connectivity index (χ0v) is 18.1. The SMILES string of the molecule is CN1CCCN(C(=O)CCN2C(=O)CSc3ccccc32)c2nc3ccccc3nc21. The van der Waals surface area contributed by atoms with Crippen LogP contribution in [0, 0.1) is 0 Å². The van der Waals surface area contributed by atoms with Gasteiger partial charge in [-0.1, -0.05) is 24.3 Å². The van der Waals surface area contributed by atoms with Crippen molar-refractivity contribution in [2.75, 3.05) is 47.1 Å². The number of rotatable bonds is 3. The molecule has 0 saturated carbocycles. The molecule has 3 heterocycles. The summed E-state index contributed by atoms with van der Waals surface area (Å²) >= 11 is 1.55. The van der Waals surface area contributed by atoms with Crippen LogP contribution >= 0.6 is 11.8 Å². The van der Waals surface area contributed by atoms with Crippen molar-refractivity contribution in [3.8, 4) is 0 Å². The van der Waals surface area contributed by atoms with Gasteiger partial charge in [0.15, 0.2) is 11.6 Å². The molecule has 2 aliphatic rings. The molecule has 2 amide bonds. The van der Waals surface area contributed by atoms with Crippen molar-refractivity contribution in [3.63, 3.8) is 0 Å². The van der Waals surface area contributed by atoms with E-state index in [2.05, 4.69) is 4.90 Å². The summed E-state index contributed by atoms with van der Waals surface area (Å²) in [4.78, 5) is 42.0. The largest absolute Gasteiger partial charge is 0.357 e. The van der Waals surface area contributed by atoms with Crippen LogP contribution < -0.4 is 14.7 Å². The van der Waals surface area contributed by atoms with E-state index in [4.69, 9.17) is 9.97 Å². The van der Waals surface area contributed by atoms with E-state index in [-0.39, 0.29) is 18.2 Å². The van der Waals surface area contributed by atoms with E-state index in [1.165, 1.54) is 0 Å². The van der Waals surface area contributed by atoms with Crippen LogP contribution in [-0.4, -0.2) is 54.2 Å². The number of amides is 2. The number of carbonyl (C=O) groups excluding carboxylic acids is 2. The summed E-state index contributed by atoms with van der Waals surface area (Å²) in [5.41, 5.74) is 2.47. The first-order chi connectivity index (χ1) is 15.1. The first kappa shape index (κ1) is 19.8. The molecule has 3 aromatic rings. The van der Waals surface area contributed by atoms with Crippen molar-refractivity contribution in [1.82, 2.24) is 9.97 Å². The Balaban J connectivity index is 1.42. The third kappa shape index (κ3) is 3.72. The van der Waals surface area contributed by atoms with Gasteiger partial charge in [0.2, 0.25) is 11.8 Å². The van der Waals surface area contributed by atoms with Gasteiger partial charge in [0.05, 0.1) is 22.5 Å². The minimum atomic E-state index is -0.0374. The van der Waals surface area contributed by atoms with Crippen molar-refractivity contribution in [3.05, 3.63) is 48.5 Å². The van der Waals surface area contributed by atoms with Gasteiger partial charge in [-0.05, 0) is 30.7 Å². The smallest absolute Gasteiger partial charge is 0.237 e. The zero-order chi connectivity index (χ0) is 21.4. The van der Waals surface area contributed by atoms with Crippen molar-refractivity contribution in [1.29, 1.82) is 0 Å². The van der Waals surface area contributed by atoms with Gasteiger partial charge in [0.1, 0.15) is 0 Å². The number of hydrogen-bond acceptors (Lipinski definition) is 6. The van der Waals surface area contributed by atoms with Gasteiger partial charge in [0, 0.05) is 38.0 Å². The maximum Gasteiger partial charge on any atom is 0.237 e. The van der Waals surface area contributed by atoms with E-state index in [0.717, 1.165) is 40.4 Å². The molecule has 2 aliphatic heterocycles. The molecule has 0 fully saturated rings. The predicted molar refractivity (Wildman–Crippen MR) is 124 cm³/mol. The van der Waals surface area contributed by atoms with Crippen LogP contribution in [0.1, 0.15) is 12.8 Å². The quantitative estimate of drug-likeness (QED) is 0.631. The minimum absolute atomic E-state index is 0.0374. The molecule has 8 heteroatoms. The number of hydrogen-bond donors (Lipinski definition) is 0. The second kappa shape index (κ2) is 8.19. The number of fused-ring (bicyclic) bond motifs is 3. The number of nitrogens with zero attached hydrogens (tertiary/aromatic N) is 5. The van der Waals surface area contributed by atoms with Gasteiger partial charge >= 0.3 is 0 Å². The normalized spacial score (nSPS) is 16.2. The summed E-state index contributed by atoms with van der Waals surface area (Å²) in [6.45, 7) is 1.75. The molecule has 0 bridgehead atoms. The van der Waals surface area contributed by atoms with Gasteiger partial charge in [-0.3, -0.25) is 14.5 Å². The molecule has 0 saturated heterocycles. The zero-order valence-electron chi connectivity index (χ0n) is 17.3. The van der Waals surface area contributed by atoms with Crippen LogP contribution in [0.15, 0.2) is 53.4 Å². The van der Waals surface area contributed by atoms with E-state index in [1.807, 2.05) is 55.6 Å². The van der Waals surface area contributed by atoms with Crippen LogP contribution in [0.3, 0.4) is 0 Å². The lowest BCUT2D eigenvalue weighted by Gasteiger charge is -2.29. The lowest BCUT2D eigenvalue weighted by molar-refractivity contribution is -0.118. The fourth-order valence-corrected chi connectivity index (χ4v) is 5.02.